The van der Waals surface area contributed by atoms with Gasteiger partial charge in [0.05, 0.1) is 41.5 Å². The minimum atomic E-state index is -0.301. The second-order valence-electron chi connectivity index (χ2n) is 9.61. The number of hydrogen-bond acceptors (Lipinski definition) is 5. The van der Waals surface area contributed by atoms with Crippen molar-refractivity contribution in [3.63, 3.8) is 0 Å². The van der Waals surface area contributed by atoms with Gasteiger partial charge in [-0.3, -0.25) is 0 Å². The maximum Gasteiger partial charge on any atom is 0.132 e. The minimum Gasteiger partial charge on any atom is -0.378 e. The number of aromatic nitrogens is 1. The van der Waals surface area contributed by atoms with Crippen LogP contribution in [0.4, 0.5) is 27.1 Å². The van der Waals surface area contributed by atoms with E-state index in [1.807, 2.05) is 31.2 Å². The Morgan fingerprint density at radius 3 is 2.58 bits per heavy atom. The maximum absolute atomic E-state index is 14.9. The summed E-state index contributed by atoms with van der Waals surface area (Å²) in [4.78, 5) is 9.61. The molecule has 5 rings (SSSR count). The predicted molar refractivity (Wildman–Crippen MR) is 158 cm³/mol. The summed E-state index contributed by atoms with van der Waals surface area (Å²) in [5.41, 5.74) is 6.86. The molecule has 0 atom stereocenters. The normalized spacial score (nSPS) is 13.7. The Morgan fingerprint density at radius 2 is 1.84 bits per heavy atom. The second-order valence-corrected chi connectivity index (χ2v) is 10.0. The third-order valence-electron chi connectivity index (χ3n) is 7.15. The van der Waals surface area contributed by atoms with Crippen LogP contribution in [0.1, 0.15) is 25.8 Å². The van der Waals surface area contributed by atoms with Gasteiger partial charge >= 0.3 is 0 Å². The van der Waals surface area contributed by atoms with E-state index in [1.54, 1.807) is 12.1 Å². The predicted octanol–water partition coefficient (Wildman–Crippen LogP) is 7.82. The third-order valence-corrected chi connectivity index (χ3v) is 7.39. The molecule has 1 saturated heterocycles. The van der Waals surface area contributed by atoms with Crippen molar-refractivity contribution < 1.29 is 9.13 Å². The average molecular weight is 533 g/mol. The number of pyridine rings is 1. The lowest BCUT2D eigenvalue weighted by Crippen LogP contribution is -2.36. The van der Waals surface area contributed by atoms with Crippen molar-refractivity contribution in [3.05, 3.63) is 77.1 Å². The molecule has 0 unspecified atom stereocenters. The Morgan fingerprint density at radius 1 is 1.05 bits per heavy atom. The largest absolute Gasteiger partial charge is 0.378 e. The molecule has 1 aliphatic rings. The summed E-state index contributed by atoms with van der Waals surface area (Å²) in [7, 11) is 0. The van der Waals surface area contributed by atoms with Gasteiger partial charge in [-0.1, -0.05) is 30.7 Å². The van der Waals surface area contributed by atoms with Crippen LogP contribution in [0.2, 0.25) is 5.02 Å². The first-order valence-corrected chi connectivity index (χ1v) is 13.7. The van der Waals surface area contributed by atoms with E-state index in [2.05, 4.69) is 47.2 Å². The topological polar surface area (TPSA) is 40.6 Å². The Hall–Kier alpha value is -3.35. The summed E-state index contributed by atoms with van der Waals surface area (Å²) in [6, 6.07) is 19.1. The van der Waals surface area contributed by atoms with Gasteiger partial charge < -0.3 is 19.9 Å². The van der Waals surface area contributed by atoms with Crippen molar-refractivity contribution in [2.75, 3.05) is 54.5 Å². The summed E-state index contributed by atoms with van der Waals surface area (Å²) >= 11 is 6.37. The van der Waals surface area contributed by atoms with E-state index in [0.717, 1.165) is 60.6 Å². The van der Waals surface area contributed by atoms with Gasteiger partial charge in [-0.25, -0.2) is 9.37 Å². The van der Waals surface area contributed by atoms with Crippen LogP contribution >= 0.6 is 11.6 Å². The second kappa shape index (κ2) is 11.6. The van der Waals surface area contributed by atoms with E-state index < -0.39 is 0 Å². The molecular weight excluding hydrogens is 499 g/mol. The first-order chi connectivity index (χ1) is 18.5. The molecule has 0 saturated carbocycles. The highest BCUT2D eigenvalue weighted by molar-refractivity contribution is 6.31. The lowest BCUT2D eigenvalue weighted by Gasteiger charge is -2.32. The number of fused-ring (bicyclic) bond motifs is 1. The van der Waals surface area contributed by atoms with Gasteiger partial charge in [0.25, 0.3) is 0 Å². The molecule has 5 nitrogen and oxygen atoms in total. The van der Waals surface area contributed by atoms with E-state index in [9.17, 15) is 4.39 Å². The average Bonchev–Trinajstić information content (AvgIpc) is 2.94. The van der Waals surface area contributed by atoms with Gasteiger partial charge in [-0.15, -0.1) is 0 Å². The molecule has 4 aromatic rings. The highest BCUT2D eigenvalue weighted by Crippen LogP contribution is 2.40. The zero-order valence-corrected chi connectivity index (χ0v) is 23.0. The zero-order valence-electron chi connectivity index (χ0n) is 22.2. The number of ether oxygens (including phenoxy) is 1. The highest BCUT2D eigenvalue weighted by atomic mass is 35.5. The number of nitrogens with zero attached hydrogens (tertiary/aromatic N) is 3. The molecule has 1 aliphatic heterocycles. The van der Waals surface area contributed by atoms with E-state index in [4.69, 9.17) is 21.3 Å². The van der Waals surface area contributed by atoms with Crippen LogP contribution in [0.15, 0.2) is 60.7 Å². The van der Waals surface area contributed by atoms with Gasteiger partial charge in [0.1, 0.15) is 5.82 Å². The smallest absolute Gasteiger partial charge is 0.132 e. The molecular formula is C31H34ClFN4O. The summed E-state index contributed by atoms with van der Waals surface area (Å²) in [5, 5.41) is 5.30. The van der Waals surface area contributed by atoms with Crippen LogP contribution in [0.5, 0.6) is 0 Å². The molecule has 198 valence electrons. The van der Waals surface area contributed by atoms with E-state index in [-0.39, 0.29) is 5.82 Å². The number of nitrogens with one attached hydrogen (secondary N) is 1. The first-order valence-electron chi connectivity index (χ1n) is 13.3. The molecule has 2 heterocycles. The number of hydrogen-bond donors (Lipinski definition) is 1. The van der Waals surface area contributed by atoms with Gasteiger partial charge in [-0.05, 0) is 74.4 Å². The first kappa shape index (κ1) is 26.3. The van der Waals surface area contributed by atoms with E-state index in [1.165, 1.54) is 11.8 Å². The number of rotatable bonds is 8. The minimum absolute atomic E-state index is 0.301. The summed E-state index contributed by atoms with van der Waals surface area (Å²) in [5.74, 6) is -0.301. The molecule has 0 amide bonds. The lowest BCUT2D eigenvalue weighted by molar-refractivity contribution is 0.123. The molecule has 1 fully saturated rings. The number of anilines is 4. The molecule has 0 bridgehead atoms. The number of morpholine rings is 1. The molecule has 3 aromatic carbocycles. The van der Waals surface area contributed by atoms with Gasteiger partial charge in [-0.2, -0.15) is 0 Å². The summed E-state index contributed by atoms with van der Waals surface area (Å²) in [6.45, 7) is 11.3. The summed E-state index contributed by atoms with van der Waals surface area (Å²) in [6.07, 6.45) is 1.07. The van der Waals surface area contributed by atoms with Crippen molar-refractivity contribution in [2.24, 2.45) is 0 Å². The molecule has 38 heavy (non-hydrogen) atoms. The molecule has 0 radical (unpaired) electrons. The molecule has 1 aromatic heterocycles. The van der Waals surface area contributed by atoms with Crippen molar-refractivity contribution in [2.45, 2.75) is 27.2 Å². The fourth-order valence-corrected chi connectivity index (χ4v) is 5.35. The fraction of sp³-hybridized carbons (Fsp3) is 0.323. The van der Waals surface area contributed by atoms with Gasteiger partial charge in [0.2, 0.25) is 0 Å². The monoisotopic (exact) mass is 532 g/mol. The molecule has 1 N–H and O–H groups in total. The van der Waals surface area contributed by atoms with Crippen LogP contribution < -0.4 is 15.1 Å². The lowest BCUT2D eigenvalue weighted by atomic mass is 10.0. The standard InChI is InChI=1S/C31H34ClFN4O/c1-4-14-36(5-2)23-11-13-29(37-15-17-38-18-16-37)28(20-23)35-31-21(3)30(24-8-6-7-9-26(24)33)34-27-19-22(32)10-12-25(27)31/h6-13,19-20H,4-5,14-18H2,1-3H3,(H,34,35). The maximum atomic E-state index is 14.9. The van der Waals surface area contributed by atoms with E-state index >= 15 is 0 Å². The fourth-order valence-electron chi connectivity index (χ4n) is 5.19. The Balaban J connectivity index is 1.69. The quantitative estimate of drug-likeness (QED) is 0.250. The van der Waals surface area contributed by atoms with Crippen LogP contribution in [-0.4, -0.2) is 44.4 Å². The Bertz CT molecular complexity index is 1440. The van der Waals surface area contributed by atoms with E-state index in [0.29, 0.717) is 35.0 Å². The highest BCUT2D eigenvalue weighted by Gasteiger charge is 2.21. The SMILES string of the molecule is CCCN(CC)c1ccc(N2CCOCC2)c(Nc2c(C)c(-c3ccccc3F)nc3cc(Cl)ccc23)c1. The number of benzene rings is 3. The Kier molecular flexibility index (Phi) is 8.01. The van der Waals surface area contributed by atoms with Crippen molar-refractivity contribution in [1.82, 2.24) is 4.98 Å². The van der Waals surface area contributed by atoms with Crippen molar-refractivity contribution in [1.29, 1.82) is 0 Å². The third kappa shape index (κ3) is 5.29. The molecule has 0 spiro atoms. The van der Waals surface area contributed by atoms with Gasteiger partial charge in [0, 0.05) is 47.8 Å². The summed E-state index contributed by atoms with van der Waals surface area (Å²) < 4.78 is 20.6. The van der Waals surface area contributed by atoms with Crippen molar-refractivity contribution in [3.8, 4) is 11.3 Å². The van der Waals surface area contributed by atoms with Gasteiger partial charge in [0.15, 0.2) is 0 Å². The van der Waals surface area contributed by atoms with Crippen LogP contribution in [-0.2, 0) is 4.74 Å². The van der Waals surface area contributed by atoms with Crippen LogP contribution in [0, 0.1) is 12.7 Å². The van der Waals surface area contributed by atoms with Crippen molar-refractivity contribution >= 4 is 45.3 Å². The van der Waals surface area contributed by atoms with Crippen LogP contribution in [0.3, 0.4) is 0 Å². The zero-order chi connectivity index (χ0) is 26.6. The molecule has 7 heteroatoms. The molecule has 0 aliphatic carbocycles. The van der Waals surface area contributed by atoms with Crippen LogP contribution in [0.25, 0.3) is 22.2 Å². The number of halogens is 2. The Labute approximate surface area is 229 Å².